The van der Waals surface area contributed by atoms with E-state index in [0.717, 1.165) is 6.08 Å². The molecule has 0 saturated carbocycles. The van der Waals surface area contributed by atoms with Crippen molar-refractivity contribution in [2.24, 2.45) is 0 Å². The predicted octanol–water partition coefficient (Wildman–Crippen LogP) is 1.67. The van der Waals surface area contributed by atoms with Crippen LogP contribution in [-0.2, 0) is 12.7 Å². The lowest BCUT2D eigenvalue weighted by Crippen LogP contribution is -1.96. The van der Waals surface area contributed by atoms with Crippen LogP contribution in [-0.4, -0.2) is 17.0 Å². The van der Waals surface area contributed by atoms with Crippen LogP contribution in [0, 0.1) is 0 Å². The first kappa shape index (κ1) is 11.1. The summed E-state index contributed by atoms with van der Waals surface area (Å²) in [7, 11) is 0. The molecular formula is C5H4I2O4. The van der Waals surface area contributed by atoms with Crippen molar-refractivity contribution in [1.29, 1.82) is 0 Å². The van der Waals surface area contributed by atoms with E-state index in [-0.39, 0.29) is 6.42 Å². The van der Waals surface area contributed by atoms with E-state index in [4.69, 9.17) is 5.11 Å². The summed E-state index contributed by atoms with van der Waals surface area (Å²) in [5.41, 5.74) is 0. The van der Waals surface area contributed by atoms with Crippen LogP contribution in [0.2, 0.25) is 0 Å². The second-order valence-corrected chi connectivity index (χ2v) is 3.38. The highest BCUT2D eigenvalue weighted by Gasteiger charge is 2.03. The van der Waals surface area contributed by atoms with Gasteiger partial charge in [0.25, 0.3) is 0 Å². The third-order valence-electron chi connectivity index (χ3n) is 0.671. The molecule has 0 saturated heterocycles. The van der Waals surface area contributed by atoms with Gasteiger partial charge in [-0.05, 0) is 22.6 Å². The fourth-order valence-electron chi connectivity index (χ4n) is 0.346. The second-order valence-electron chi connectivity index (χ2n) is 1.56. The average molecular weight is 382 g/mol. The van der Waals surface area contributed by atoms with Gasteiger partial charge in [0.05, 0.1) is 6.42 Å². The van der Waals surface area contributed by atoms with Crippen molar-refractivity contribution in [3.8, 4) is 0 Å². The molecule has 0 fully saturated rings. The van der Waals surface area contributed by atoms with Crippen molar-refractivity contribution in [2.45, 2.75) is 6.42 Å². The first-order valence-electron chi connectivity index (χ1n) is 2.46. The third kappa shape index (κ3) is 6.53. The Morgan fingerprint density at radius 3 is 2.45 bits per heavy atom. The van der Waals surface area contributed by atoms with Crippen LogP contribution in [0.15, 0.2) is 9.66 Å². The highest BCUT2D eigenvalue weighted by atomic mass is 127. The molecule has 0 aromatic heterocycles. The maximum Gasteiger partial charge on any atom is 0.340 e. The van der Waals surface area contributed by atoms with Crippen molar-refractivity contribution in [3.63, 3.8) is 0 Å². The molecule has 4 nitrogen and oxygen atoms in total. The SMILES string of the molecule is O=C(O)CC(I)=CC(=O)OI. The van der Waals surface area contributed by atoms with E-state index in [1.54, 1.807) is 22.6 Å². The average Bonchev–Trinajstić information content (AvgIpc) is 1.85. The van der Waals surface area contributed by atoms with E-state index in [2.05, 4.69) is 3.07 Å². The molecular weight excluding hydrogens is 378 g/mol. The van der Waals surface area contributed by atoms with E-state index in [1.807, 2.05) is 0 Å². The Morgan fingerprint density at radius 2 is 2.09 bits per heavy atom. The van der Waals surface area contributed by atoms with Gasteiger partial charge in [0.2, 0.25) is 0 Å². The lowest BCUT2D eigenvalue weighted by atomic mass is 10.4. The normalized spacial score (nSPS) is 10.9. The van der Waals surface area contributed by atoms with Crippen molar-refractivity contribution >= 4 is 57.5 Å². The van der Waals surface area contributed by atoms with Gasteiger partial charge in [0, 0.05) is 9.66 Å². The Morgan fingerprint density at radius 1 is 1.55 bits per heavy atom. The van der Waals surface area contributed by atoms with Gasteiger partial charge in [0.15, 0.2) is 23.0 Å². The number of aliphatic carboxylic acids is 1. The predicted molar refractivity (Wildman–Crippen MR) is 54.5 cm³/mol. The molecule has 0 spiro atoms. The maximum absolute atomic E-state index is 10.5. The van der Waals surface area contributed by atoms with Gasteiger partial charge >= 0.3 is 11.9 Å². The lowest BCUT2D eigenvalue weighted by Gasteiger charge is -1.91. The van der Waals surface area contributed by atoms with Crippen LogP contribution in [0.4, 0.5) is 0 Å². The first-order chi connectivity index (χ1) is 5.06. The minimum absolute atomic E-state index is 0.147. The summed E-state index contributed by atoms with van der Waals surface area (Å²) in [6.07, 6.45) is 0.993. The molecule has 0 aliphatic rings. The molecule has 0 unspecified atom stereocenters. The van der Waals surface area contributed by atoms with Gasteiger partial charge in [-0.1, -0.05) is 0 Å². The number of carbonyl (C=O) groups excluding carboxylic acids is 1. The zero-order valence-electron chi connectivity index (χ0n) is 5.21. The van der Waals surface area contributed by atoms with E-state index < -0.39 is 11.9 Å². The number of rotatable bonds is 3. The zero-order chi connectivity index (χ0) is 8.85. The second kappa shape index (κ2) is 5.75. The highest BCUT2D eigenvalue weighted by molar-refractivity contribution is 14.1. The molecule has 11 heavy (non-hydrogen) atoms. The number of carbonyl (C=O) groups is 2. The standard InChI is InChI=1S/C5H4I2O4/c6-3(1-4(8)9)2-5(10)11-7/h2H,1H2,(H,8,9). The number of carboxylic acid groups (broad SMARTS) is 1. The molecule has 0 radical (unpaired) electrons. The number of halogens is 2. The fourth-order valence-corrected chi connectivity index (χ4v) is 1.05. The molecule has 62 valence electrons. The van der Waals surface area contributed by atoms with Gasteiger partial charge in [-0.2, -0.15) is 0 Å². The fraction of sp³-hybridized carbons (Fsp3) is 0.200. The highest BCUT2D eigenvalue weighted by Crippen LogP contribution is 2.11. The van der Waals surface area contributed by atoms with Crippen LogP contribution in [0.25, 0.3) is 0 Å². The van der Waals surface area contributed by atoms with E-state index in [0.29, 0.717) is 3.58 Å². The Bertz CT molecular complexity index is 199. The monoisotopic (exact) mass is 382 g/mol. The van der Waals surface area contributed by atoms with Gasteiger partial charge in [-0.3, -0.25) is 4.79 Å². The zero-order valence-corrected chi connectivity index (χ0v) is 9.53. The molecule has 0 aliphatic heterocycles. The first-order valence-corrected chi connectivity index (χ1v) is 4.42. The summed E-state index contributed by atoms with van der Waals surface area (Å²) in [5.74, 6) is -1.51. The summed E-state index contributed by atoms with van der Waals surface area (Å²) in [6, 6.07) is 0. The Balaban J connectivity index is 4.00. The minimum Gasteiger partial charge on any atom is -0.481 e. The third-order valence-corrected chi connectivity index (χ3v) is 1.80. The minimum atomic E-state index is -0.966. The van der Waals surface area contributed by atoms with Crippen LogP contribution in [0.1, 0.15) is 6.42 Å². The molecule has 0 rings (SSSR count). The van der Waals surface area contributed by atoms with Crippen LogP contribution >= 0.6 is 45.6 Å². The van der Waals surface area contributed by atoms with Crippen molar-refractivity contribution < 1.29 is 17.8 Å². The van der Waals surface area contributed by atoms with Gasteiger partial charge in [-0.25, -0.2) is 4.79 Å². The molecule has 0 bridgehead atoms. The van der Waals surface area contributed by atoms with E-state index in [9.17, 15) is 9.59 Å². The number of hydrogen-bond acceptors (Lipinski definition) is 3. The Labute approximate surface area is 90.8 Å². The van der Waals surface area contributed by atoms with Gasteiger partial charge in [-0.15, -0.1) is 0 Å². The molecule has 0 atom stereocenters. The maximum atomic E-state index is 10.5. The molecule has 0 heterocycles. The Kier molecular flexibility index (Phi) is 5.82. The molecule has 1 N–H and O–H groups in total. The van der Waals surface area contributed by atoms with Crippen molar-refractivity contribution in [3.05, 3.63) is 9.66 Å². The molecule has 0 aromatic rings. The quantitative estimate of drug-likeness (QED) is 0.596. The molecule has 0 aliphatic carbocycles. The molecule has 6 heteroatoms. The number of hydrogen-bond donors (Lipinski definition) is 1. The molecule has 0 amide bonds. The van der Waals surface area contributed by atoms with Crippen LogP contribution in [0.3, 0.4) is 0 Å². The number of carboxylic acids is 1. The van der Waals surface area contributed by atoms with Crippen LogP contribution < -0.4 is 0 Å². The summed E-state index contributed by atoms with van der Waals surface area (Å²) < 4.78 is 4.70. The van der Waals surface area contributed by atoms with Crippen LogP contribution in [0.5, 0.6) is 0 Å². The molecule has 0 aromatic carbocycles. The Hall–Kier alpha value is 0.140. The van der Waals surface area contributed by atoms with Gasteiger partial charge < -0.3 is 8.17 Å². The van der Waals surface area contributed by atoms with Gasteiger partial charge in [0.1, 0.15) is 0 Å². The smallest absolute Gasteiger partial charge is 0.340 e. The summed E-state index contributed by atoms with van der Waals surface area (Å²) >= 11 is 3.21. The van der Waals surface area contributed by atoms with E-state index in [1.165, 1.54) is 23.0 Å². The van der Waals surface area contributed by atoms with Crippen molar-refractivity contribution in [1.82, 2.24) is 0 Å². The van der Waals surface area contributed by atoms with E-state index >= 15 is 0 Å². The summed E-state index contributed by atoms with van der Waals surface area (Å²) in [4.78, 5) is 20.6. The summed E-state index contributed by atoms with van der Waals surface area (Å²) in [6.45, 7) is 0. The topological polar surface area (TPSA) is 63.6 Å². The summed E-state index contributed by atoms with van der Waals surface area (Å²) in [5, 5.41) is 8.27. The lowest BCUT2D eigenvalue weighted by molar-refractivity contribution is -0.136. The largest absolute Gasteiger partial charge is 0.481 e. The van der Waals surface area contributed by atoms with Crippen molar-refractivity contribution in [2.75, 3.05) is 0 Å².